The number of benzene rings is 1. The van der Waals surface area contributed by atoms with Crippen molar-refractivity contribution >= 4 is 17.5 Å². The molecule has 1 aromatic carbocycles. The van der Waals surface area contributed by atoms with Crippen LogP contribution < -0.4 is 9.47 Å². The number of aromatic nitrogens is 2. The van der Waals surface area contributed by atoms with Crippen molar-refractivity contribution in [3.8, 4) is 11.6 Å². The summed E-state index contributed by atoms with van der Waals surface area (Å²) in [6.07, 6.45) is 2.46. The summed E-state index contributed by atoms with van der Waals surface area (Å²) in [5.41, 5.74) is 2.80. The number of aryl methyl sites for hydroxylation is 3. The maximum atomic E-state index is 13.5. The molecule has 0 bridgehead atoms. The summed E-state index contributed by atoms with van der Waals surface area (Å²) in [4.78, 5) is 20.2. The van der Waals surface area contributed by atoms with Crippen LogP contribution in [-0.4, -0.2) is 90.4 Å². The Kier molecular flexibility index (Phi) is 8.48. The van der Waals surface area contributed by atoms with Gasteiger partial charge in [-0.3, -0.25) is 9.69 Å². The first-order valence-corrected chi connectivity index (χ1v) is 13.2. The quantitative estimate of drug-likeness (QED) is 0.534. The molecule has 1 amide bonds. The normalized spacial score (nSPS) is 21.6. The highest BCUT2D eigenvalue weighted by atomic mass is 35.5. The van der Waals surface area contributed by atoms with Gasteiger partial charge in [0.2, 0.25) is 11.8 Å². The van der Waals surface area contributed by atoms with Gasteiger partial charge in [-0.2, -0.15) is 5.10 Å². The predicted octanol–water partition coefficient (Wildman–Crippen LogP) is 3.52. The maximum absolute atomic E-state index is 13.5. The fraction of sp³-hybridized carbons (Fsp3) is 0.630. The van der Waals surface area contributed by atoms with Crippen LogP contribution in [0.4, 0.5) is 0 Å². The van der Waals surface area contributed by atoms with Gasteiger partial charge < -0.3 is 19.3 Å². The molecule has 36 heavy (non-hydrogen) atoms. The number of likely N-dealkylation sites (tertiary alicyclic amines) is 1. The minimum absolute atomic E-state index is 0.232. The summed E-state index contributed by atoms with van der Waals surface area (Å²) in [7, 11) is 5.71. The second-order valence-corrected chi connectivity index (χ2v) is 11.0. The van der Waals surface area contributed by atoms with Gasteiger partial charge in [0, 0.05) is 63.2 Å². The van der Waals surface area contributed by atoms with Gasteiger partial charge in [-0.1, -0.05) is 11.6 Å². The summed E-state index contributed by atoms with van der Waals surface area (Å²) in [5, 5.41) is 5.28. The molecule has 1 unspecified atom stereocenters. The number of hydrogen-bond donors (Lipinski definition) is 0. The van der Waals surface area contributed by atoms with E-state index < -0.39 is 0 Å². The standard InChI is InChI=1S/C27H40ClN5O3/c1-20-15-22(7-8-24(20)28)36-19-27(16-25(34)33-13-11-30(3)12-14-33)9-6-10-32(18-27)17-23-21(2)29-31(4)26(23)35-5/h7-8,15H,6,9-14,16-19H2,1-5H3. The van der Waals surface area contributed by atoms with Gasteiger partial charge in [-0.05, 0) is 64.0 Å². The van der Waals surface area contributed by atoms with Gasteiger partial charge in [-0.15, -0.1) is 0 Å². The fourth-order valence-corrected chi connectivity index (χ4v) is 5.65. The first-order chi connectivity index (χ1) is 17.2. The van der Waals surface area contributed by atoms with Gasteiger partial charge in [0.15, 0.2) is 0 Å². The molecule has 0 N–H and O–H groups in total. The second-order valence-electron chi connectivity index (χ2n) is 10.6. The number of amides is 1. The molecule has 0 aliphatic carbocycles. The third-order valence-electron chi connectivity index (χ3n) is 7.66. The van der Waals surface area contributed by atoms with Crippen molar-refractivity contribution in [1.29, 1.82) is 0 Å². The first-order valence-electron chi connectivity index (χ1n) is 12.8. The van der Waals surface area contributed by atoms with E-state index in [1.54, 1.807) is 11.8 Å². The zero-order valence-electron chi connectivity index (χ0n) is 22.3. The van der Waals surface area contributed by atoms with Crippen LogP contribution >= 0.6 is 11.6 Å². The Labute approximate surface area is 220 Å². The Balaban J connectivity index is 1.53. The van der Waals surface area contributed by atoms with Crippen molar-refractivity contribution < 1.29 is 14.3 Å². The molecular weight excluding hydrogens is 478 g/mol. The van der Waals surface area contributed by atoms with Gasteiger partial charge >= 0.3 is 0 Å². The maximum Gasteiger partial charge on any atom is 0.223 e. The lowest BCUT2D eigenvalue weighted by Crippen LogP contribution is -2.52. The van der Waals surface area contributed by atoms with Crippen molar-refractivity contribution in [2.24, 2.45) is 12.5 Å². The summed E-state index contributed by atoms with van der Waals surface area (Å²) in [5.74, 6) is 1.83. The topological polar surface area (TPSA) is 63.1 Å². The molecule has 0 radical (unpaired) electrons. The minimum atomic E-state index is -0.268. The van der Waals surface area contributed by atoms with Crippen molar-refractivity contribution in [3.05, 3.63) is 40.0 Å². The zero-order valence-corrected chi connectivity index (χ0v) is 23.1. The van der Waals surface area contributed by atoms with E-state index in [2.05, 4.69) is 21.9 Å². The number of carbonyl (C=O) groups excluding carboxylic acids is 1. The molecule has 1 aromatic heterocycles. The highest BCUT2D eigenvalue weighted by Crippen LogP contribution is 2.37. The minimum Gasteiger partial charge on any atom is -0.493 e. The van der Waals surface area contributed by atoms with E-state index >= 15 is 0 Å². The predicted molar refractivity (Wildman–Crippen MR) is 142 cm³/mol. The van der Waals surface area contributed by atoms with E-state index in [4.69, 9.17) is 21.1 Å². The van der Waals surface area contributed by atoms with Crippen LogP contribution in [0.1, 0.15) is 36.1 Å². The number of ether oxygens (including phenoxy) is 2. The van der Waals surface area contributed by atoms with Gasteiger partial charge in [0.25, 0.3) is 0 Å². The number of likely N-dealkylation sites (N-methyl/N-ethyl adjacent to an activating group) is 1. The van der Waals surface area contributed by atoms with Crippen LogP contribution in [0.15, 0.2) is 18.2 Å². The summed E-state index contributed by atoms with van der Waals surface area (Å²) in [6, 6.07) is 5.76. The van der Waals surface area contributed by atoms with Crippen molar-refractivity contribution in [1.82, 2.24) is 24.5 Å². The Morgan fingerprint density at radius 2 is 1.89 bits per heavy atom. The lowest BCUT2D eigenvalue weighted by molar-refractivity contribution is -0.137. The molecule has 0 saturated carbocycles. The Hall–Kier alpha value is -2.29. The molecule has 0 spiro atoms. The third-order valence-corrected chi connectivity index (χ3v) is 8.09. The second kappa shape index (κ2) is 11.4. The van der Waals surface area contributed by atoms with Crippen molar-refractivity contribution in [2.75, 3.05) is 60.0 Å². The van der Waals surface area contributed by atoms with Crippen LogP contribution in [-0.2, 0) is 18.4 Å². The van der Waals surface area contributed by atoms with Gasteiger partial charge in [0.05, 0.1) is 25.0 Å². The number of carbonyl (C=O) groups is 1. The van der Waals surface area contributed by atoms with Crippen LogP contribution in [0.2, 0.25) is 5.02 Å². The third kappa shape index (κ3) is 6.15. The molecule has 1 atom stereocenters. The summed E-state index contributed by atoms with van der Waals surface area (Å²) >= 11 is 6.22. The van der Waals surface area contributed by atoms with E-state index in [0.717, 1.165) is 92.1 Å². The van der Waals surface area contributed by atoms with Crippen molar-refractivity contribution in [2.45, 2.75) is 39.7 Å². The molecule has 8 nitrogen and oxygen atoms in total. The van der Waals surface area contributed by atoms with Gasteiger partial charge in [0.1, 0.15) is 5.75 Å². The molecule has 4 rings (SSSR count). The molecule has 2 aliphatic rings. The van der Waals surface area contributed by atoms with E-state index in [0.29, 0.717) is 13.0 Å². The van der Waals surface area contributed by atoms with Crippen LogP contribution in [0.3, 0.4) is 0 Å². The SMILES string of the molecule is COc1c(CN2CCCC(COc3ccc(Cl)c(C)c3)(CC(=O)N3CCN(C)CC3)C2)c(C)nn1C. The number of rotatable bonds is 8. The molecular formula is C27H40ClN5O3. The number of methoxy groups -OCH3 is 1. The lowest BCUT2D eigenvalue weighted by Gasteiger charge is -2.43. The molecule has 2 aromatic rings. The van der Waals surface area contributed by atoms with E-state index in [1.165, 1.54) is 0 Å². The smallest absolute Gasteiger partial charge is 0.223 e. The average molecular weight is 518 g/mol. The Bertz CT molecular complexity index is 1070. The largest absolute Gasteiger partial charge is 0.493 e. The number of nitrogens with zero attached hydrogens (tertiary/aromatic N) is 5. The molecule has 3 heterocycles. The summed E-state index contributed by atoms with van der Waals surface area (Å²) < 4.78 is 13.8. The Morgan fingerprint density at radius 3 is 2.58 bits per heavy atom. The number of piperazine rings is 1. The van der Waals surface area contributed by atoms with Crippen LogP contribution in [0, 0.1) is 19.3 Å². The number of piperidine rings is 1. The lowest BCUT2D eigenvalue weighted by atomic mass is 9.77. The molecule has 2 saturated heterocycles. The van der Waals surface area contributed by atoms with E-state index in [9.17, 15) is 4.79 Å². The number of hydrogen-bond acceptors (Lipinski definition) is 6. The Morgan fingerprint density at radius 1 is 1.14 bits per heavy atom. The number of halogens is 1. The van der Waals surface area contributed by atoms with Gasteiger partial charge in [-0.25, -0.2) is 4.68 Å². The zero-order chi connectivity index (χ0) is 25.9. The fourth-order valence-electron chi connectivity index (χ4n) is 5.53. The molecule has 2 fully saturated rings. The molecule has 9 heteroatoms. The molecule has 198 valence electrons. The highest BCUT2D eigenvalue weighted by molar-refractivity contribution is 6.31. The molecule has 2 aliphatic heterocycles. The van der Waals surface area contributed by atoms with Crippen molar-refractivity contribution in [3.63, 3.8) is 0 Å². The monoisotopic (exact) mass is 517 g/mol. The van der Waals surface area contributed by atoms with E-state index in [-0.39, 0.29) is 11.3 Å². The van der Waals surface area contributed by atoms with Crippen LogP contribution in [0.5, 0.6) is 11.6 Å². The van der Waals surface area contributed by atoms with Crippen LogP contribution in [0.25, 0.3) is 0 Å². The van der Waals surface area contributed by atoms with E-state index in [1.807, 2.05) is 44.0 Å². The average Bonchev–Trinajstić information content (AvgIpc) is 3.12. The highest BCUT2D eigenvalue weighted by Gasteiger charge is 2.40. The first kappa shape index (κ1) is 26.8. The summed E-state index contributed by atoms with van der Waals surface area (Å²) in [6.45, 7) is 10.4.